The van der Waals surface area contributed by atoms with E-state index in [2.05, 4.69) is 19.2 Å². The number of nitrogens with one attached hydrogen (secondary N) is 1. The van der Waals surface area contributed by atoms with Crippen LogP contribution in [0.4, 0.5) is 4.79 Å². The zero-order valence-electron chi connectivity index (χ0n) is 13.7. The highest BCUT2D eigenvalue weighted by Gasteiger charge is 2.32. The smallest absolute Gasteiger partial charge is 0.407 e. The van der Waals surface area contributed by atoms with Crippen molar-refractivity contribution in [1.29, 1.82) is 0 Å². The van der Waals surface area contributed by atoms with Gasteiger partial charge in [-0.1, -0.05) is 34.6 Å². The number of hydrogen-bond acceptors (Lipinski definition) is 3. The Morgan fingerprint density at radius 3 is 1.95 bits per heavy atom. The molecule has 0 aromatic rings. The van der Waals surface area contributed by atoms with Gasteiger partial charge >= 0.3 is 6.09 Å². The van der Waals surface area contributed by atoms with Crippen LogP contribution in [0.2, 0.25) is 0 Å². The van der Waals surface area contributed by atoms with Gasteiger partial charge in [-0.3, -0.25) is 0 Å². The molecular formula is C15H31NO3. The molecule has 2 unspecified atom stereocenters. The van der Waals surface area contributed by atoms with Crippen molar-refractivity contribution in [3.63, 3.8) is 0 Å². The second kappa shape index (κ2) is 6.60. The average molecular weight is 273 g/mol. The predicted octanol–water partition coefficient (Wildman–Crippen LogP) is 3.33. The number of alkyl carbamates (subject to hydrolysis) is 1. The maximum atomic E-state index is 11.8. The Bertz CT molecular complexity index is 287. The van der Waals surface area contributed by atoms with Gasteiger partial charge in [0.2, 0.25) is 0 Å². The van der Waals surface area contributed by atoms with E-state index in [1.807, 2.05) is 41.5 Å². The van der Waals surface area contributed by atoms with Gasteiger partial charge in [0.1, 0.15) is 5.60 Å². The fraction of sp³-hybridized carbons (Fsp3) is 0.933. The van der Waals surface area contributed by atoms with Crippen molar-refractivity contribution < 1.29 is 14.6 Å². The number of ether oxygens (including phenoxy) is 1. The van der Waals surface area contributed by atoms with E-state index in [0.29, 0.717) is 5.92 Å². The van der Waals surface area contributed by atoms with Crippen molar-refractivity contribution in [3.05, 3.63) is 0 Å². The van der Waals surface area contributed by atoms with E-state index in [0.717, 1.165) is 6.42 Å². The molecule has 1 amide bonds. The molecule has 0 aliphatic carbocycles. The van der Waals surface area contributed by atoms with Gasteiger partial charge < -0.3 is 15.2 Å². The Hall–Kier alpha value is -0.770. The zero-order valence-corrected chi connectivity index (χ0v) is 13.7. The summed E-state index contributed by atoms with van der Waals surface area (Å²) < 4.78 is 5.25. The summed E-state index contributed by atoms with van der Waals surface area (Å²) in [5, 5.41) is 13.2. The molecule has 0 heterocycles. The van der Waals surface area contributed by atoms with Crippen LogP contribution in [0.15, 0.2) is 0 Å². The summed E-state index contributed by atoms with van der Waals surface area (Å²) in [7, 11) is 0. The van der Waals surface area contributed by atoms with Crippen LogP contribution in [-0.2, 0) is 4.74 Å². The van der Waals surface area contributed by atoms with E-state index < -0.39 is 17.8 Å². The molecule has 0 aliphatic rings. The molecule has 0 aliphatic heterocycles. The van der Waals surface area contributed by atoms with Crippen LogP contribution < -0.4 is 5.32 Å². The summed E-state index contributed by atoms with van der Waals surface area (Å²) in [6, 6.07) is -0.296. The van der Waals surface area contributed by atoms with Crippen molar-refractivity contribution in [3.8, 4) is 0 Å². The maximum absolute atomic E-state index is 11.8. The predicted molar refractivity (Wildman–Crippen MR) is 78.1 cm³/mol. The molecule has 0 aromatic carbocycles. The lowest BCUT2D eigenvalue weighted by atomic mass is 9.82. The minimum absolute atomic E-state index is 0.283. The maximum Gasteiger partial charge on any atom is 0.407 e. The third-order valence-electron chi connectivity index (χ3n) is 2.70. The van der Waals surface area contributed by atoms with E-state index in [9.17, 15) is 9.90 Å². The quantitative estimate of drug-likeness (QED) is 0.826. The SMILES string of the molecule is CC(C)CC(NC(=O)OC(C)(C)C)C(O)C(C)(C)C. The van der Waals surface area contributed by atoms with Crippen LogP contribution >= 0.6 is 0 Å². The lowest BCUT2D eigenvalue weighted by Crippen LogP contribution is -2.50. The molecular weight excluding hydrogens is 242 g/mol. The topological polar surface area (TPSA) is 58.6 Å². The van der Waals surface area contributed by atoms with Crippen molar-refractivity contribution >= 4 is 6.09 Å². The van der Waals surface area contributed by atoms with Gasteiger partial charge in [-0.2, -0.15) is 0 Å². The minimum atomic E-state index is -0.609. The van der Waals surface area contributed by atoms with Crippen LogP contribution in [0.1, 0.15) is 61.8 Å². The molecule has 0 radical (unpaired) electrons. The first-order valence-electron chi connectivity index (χ1n) is 7.00. The van der Waals surface area contributed by atoms with Crippen LogP contribution in [0.5, 0.6) is 0 Å². The fourth-order valence-corrected chi connectivity index (χ4v) is 1.84. The molecule has 4 nitrogen and oxygen atoms in total. The summed E-state index contributed by atoms with van der Waals surface area (Å²) in [4.78, 5) is 11.8. The van der Waals surface area contributed by atoms with Gasteiger partial charge in [0.05, 0.1) is 12.1 Å². The molecule has 0 spiro atoms. The first kappa shape index (κ1) is 18.2. The first-order chi connectivity index (χ1) is 8.33. The second-order valence-corrected chi connectivity index (χ2v) is 7.69. The van der Waals surface area contributed by atoms with Crippen LogP contribution in [0.3, 0.4) is 0 Å². The van der Waals surface area contributed by atoms with Gasteiger partial charge in [-0.15, -0.1) is 0 Å². The molecule has 114 valence electrons. The van der Waals surface area contributed by atoms with Crippen molar-refractivity contribution in [1.82, 2.24) is 5.32 Å². The molecule has 0 fully saturated rings. The van der Waals surface area contributed by atoms with E-state index in [4.69, 9.17) is 4.74 Å². The van der Waals surface area contributed by atoms with E-state index in [-0.39, 0.29) is 11.5 Å². The van der Waals surface area contributed by atoms with Gasteiger partial charge in [-0.05, 0) is 38.5 Å². The van der Waals surface area contributed by atoms with Gasteiger partial charge in [0, 0.05) is 0 Å². The standard InChI is InChI=1S/C15H31NO3/c1-10(2)9-11(12(17)14(3,4)5)16-13(18)19-15(6,7)8/h10-12,17H,9H2,1-8H3,(H,16,18). The molecule has 2 atom stereocenters. The highest BCUT2D eigenvalue weighted by Crippen LogP contribution is 2.25. The number of amides is 1. The average Bonchev–Trinajstić information content (AvgIpc) is 2.09. The highest BCUT2D eigenvalue weighted by molar-refractivity contribution is 5.68. The summed E-state index contributed by atoms with van der Waals surface area (Å²) in [6.07, 6.45) is -0.360. The first-order valence-corrected chi connectivity index (χ1v) is 7.00. The lowest BCUT2D eigenvalue weighted by Gasteiger charge is -2.34. The highest BCUT2D eigenvalue weighted by atomic mass is 16.6. The summed E-state index contributed by atoms with van der Waals surface area (Å²) >= 11 is 0. The van der Waals surface area contributed by atoms with Gasteiger partial charge in [0.15, 0.2) is 0 Å². The largest absolute Gasteiger partial charge is 0.444 e. The van der Waals surface area contributed by atoms with E-state index >= 15 is 0 Å². The Morgan fingerprint density at radius 2 is 1.63 bits per heavy atom. The Labute approximate surface area is 117 Å². The number of carbonyl (C=O) groups is 1. The molecule has 0 bridgehead atoms. The Morgan fingerprint density at radius 1 is 1.16 bits per heavy atom. The minimum Gasteiger partial charge on any atom is -0.444 e. The van der Waals surface area contributed by atoms with E-state index in [1.54, 1.807) is 0 Å². The molecule has 0 aromatic heterocycles. The second-order valence-electron chi connectivity index (χ2n) is 7.69. The monoisotopic (exact) mass is 273 g/mol. The summed E-state index contributed by atoms with van der Waals surface area (Å²) in [5.74, 6) is 0.386. The summed E-state index contributed by atoms with van der Waals surface area (Å²) in [6.45, 7) is 15.5. The number of rotatable bonds is 4. The lowest BCUT2D eigenvalue weighted by molar-refractivity contribution is 0.00939. The Balaban J connectivity index is 4.74. The molecule has 0 rings (SSSR count). The third-order valence-corrected chi connectivity index (χ3v) is 2.70. The molecule has 4 heteroatoms. The Kier molecular flexibility index (Phi) is 6.33. The van der Waals surface area contributed by atoms with Crippen LogP contribution in [0.25, 0.3) is 0 Å². The van der Waals surface area contributed by atoms with Gasteiger partial charge in [0.25, 0.3) is 0 Å². The van der Waals surface area contributed by atoms with Crippen LogP contribution in [-0.4, -0.2) is 28.9 Å². The van der Waals surface area contributed by atoms with Crippen LogP contribution in [0, 0.1) is 11.3 Å². The number of aliphatic hydroxyl groups is 1. The molecule has 0 saturated carbocycles. The third kappa shape index (κ3) is 8.09. The fourth-order valence-electron chi connectivity index (χ4n) is 1.84. The zero-order chi connectivity index (χ0) is 15.4. The molecule has 19 heavy (non-hydrogen) atoms. The molecule has 0 saturated heterocycles. The van der Waals surface area contributed by atoms with Crippen molar-refractivity contribution in [2.45, 2.75) is 79.6 Å². The number of aliphatic hydroxyl groups excluding tert-OH is 1. The van der Waals surface area contributed by atoms with E-state index in [1.165, 1.54) is 0 Å². The van der Waals surface area contributed by atoms with Crippen molar-refractivity contribution in [2.75, 3.05) is 0 Å². The number of hydrogen-bond donors (Lipinski definition) is 2. The number of carbonyl (C=O) groups excluding carboxylic acids is 1. The van der Waals surface area contributed by atoms with Gasteiger partial charge in [-0.25, -0.2) is 4.79 Å². The van der Waals surface area contributed by atoms with Crippen molar-refractivity contribution in [2.24, 2.45) is 11.3 Å². The normalized spacial score (nSPS) is 16.1. The molecule has 2 N–H and O–H groups in total. The summed E-state index contributed by atoms with van der Waals surface area (Å²) in [5.41, 5.74) is -0.812.